The van der Waals surface area contributed by atoms with Crippen LogP contribution in [0.25, 0.3) is 0 Å². The molecule has 0 saturated carbocycles. The molecule has 0 radical (unpaired) electrons. The fraction of sp³-hybridized carbons (Fsp3) is 1.00. The van der Waals surface area contributed by atoms with Crippen LogP contribution in [0.15, 0.2) is 0 Å². The molecule has 3 unspecified atom stereocenters. The van der Waals surface area contributed by atoms with Crippen molar-refractivity contribution in [2.24, 2.45) is 5.73 Å². The predicted molar refractivity (Wildman–Crippen MR) is 73.9 cm³/mol. The van der Waals surface area contributed by atoms with Gasteiger partial charge in [-0.1, -0.05) is 6.92 Å². The maximum atomic E-state index is 5.89. The first-order valence-electron chi connectivity index (χ1n) is 5.77. The Morgan fingerprint density at radius 3 is 2.87 bits per heavy atom. The minimum absolute atomic E-state index is 0.593. The van der Waals surface area contributed by atoms with Crippen molar-refractivity contribution in [3.8, 4) is 0 Å². The number of thioether (sulfide) groups is 2. The molecule has 4 heteroatoms. The third kappa shape index (κ3) is 3.84. The quantitative estimate of drug-likeness (QED) is 0.804. The van der Waals surface area contributed by atoms with Gasteiger partial charge in [-0.05, 0) is 25.4 Å². The fourth-order valence-electron chi connectivity index (χ4n) is 2.14. The summed E-state index contributed by atoms with van der Waals surface area (Å²) in [5, 5.41) is 0.752. The lowest BCUT2D eigenvalue weighted by Crippen LogP contribution is -2.52. The van der Waals surface area contributed by atoms with Crippen molar-refractivity contribution in [1.82, 2.24) is 4.90 Å². The average Bonchev–Trinajstić information content (AvgIpc) is 2.25. The Labute approximate surface area is 103 Å². The predicted octanol–water partition coefficient (Wildman–Crippen LogP) is 1.89. The number of hydrogen-bond acceptors (Lipinski definition) is 4. The summed E-state index contributed by atoms with van der Waals surface area (Å²) in [6, 6.07) is 1.27. The Morgan fingerprint density at radius 2 is 2.27 bits per heavy atom. The van der Waals surface area contributed by atoms with Crippen LogP contribution in [0.1, 0.15) is 20.3 Å². The van der Waals surface area contributed by atoms with E-state index in [1.807, 2.05) is 11.8 Å². The molecule has 90 valence electrons. The van der Waals surface area contributed by atoms with Gasteiger partial charge in [0.1, 0.15) is 0 Å². The molecule has 1 aliphatic heterocycles. The lowest BCUT2D eigenvalue weighted by atomic mass is 10.1. The van der Waals surface area contributed by atoms with Gasteiger partial charge in [-0.15, -0.1) is 0 Å². The highest BCUT2D eigenvalue weighted by Crippen LogP contribution is 2.26. The Balaban J connectivity index is 2.49. The normalized spacial score (nSPS) is 30.4. The SMILES string of the molecule is CSCCC(CN)N1CCSC(C)C1C. The van der Waals surface area contributed by atoms with Crippen LogP contribution in [0.2, 0.25) is 0 Å². The molecule has 0 aromatic heterocycles. The molecule has 0 aliphatic carbocycles. The summed E-state index contributed by atoms with van der Waals surface area (Å²) >= 11 is 4.02. The van der Waals surface area contributed by atoms with Gasteiger partial charge in [0.2, 0.25) is 0 Å². The molecule has 2 nitrogen and oxygen atoms in total. The van der Waals surface area contributed by atoms with E-state index in [1.165, 1.54) is 24.5 Å². The van der Waals surface area contributed by atoms with Crippen LogP contribution in [-0.2, 0) is 0 Å². The van der Waals surface area contributed by atoms with Crippen LogP contribution >= 0.6 is 23.5 Å². The first kappa shape index (κ1) is 13.7. The maximum Gasteiger partial charge on any atom is 0.0229 e. The van der Waals surface area contributed by atoms with Crippen molar-refractivity contribution >= 4 is 23.5 Å². The standard InChI is InChI=1S/C11H24N2S2/c1-9-10(2)15-7-5-13(9)11(8-12)4-6-14-3/h9-11H,4-8,12H2,1-3H3. The van der Waals surface area contributed by atoms with E-state index >= 15 is 0 Å². The molecule has 0 aromatic rings. The fourth-order valence-corrected chi connectivity index (χ4v) is 3.78. The summed E-state index contributed by atoms with van der Waals surface area (Å²) in [4.78, 5) is 2.62. The highest BCUT2D eigenvalue weighted by molar-refractivity contribution is 8.00. The first-order chi connectivity index (χ1) is 7.20. The molecule has 15 heavy (non-hydrogen) atoms. The third-order valence-corrected chi connectivity index (χ3v) is 5.31. The molecule has 1 saturated heterocycles. The van der Waals surface area contributed by atoms with Crippen LogP contribution in [0.5, 0.6) is 0 Å². The maximum absolute atomic E-state index is 5.89. The van der Waals surface area contributed by atoms with Crippen molar-refractivity contribution < 1.29 is 0 Å². The van der Waals surface area contributed by atoms with E-state index in [2.05, 4.69) is 36.8 Å². The van der Waals surface area contributed by atoms with Crippen molar-refractivity contribution in [2.75, 3.05) is 30.9 Å². The van der Waals surface area contributed by atoms with Gasteiger partial charge in [0.15, 0.2) is 0 Å². The highest BCUT2D eigenvalue weighted by Gasteiger charge is 2.29. The van der Waals surface area contributed by atoms with E-state index in [9.17, 15) is 0 Å². The van der Waals surface area contributed by atoms with Gasteiger partial charge in [0, 0.05) is 36.2 Å². The van der Waals surface area contributed by atoms with E-state index < -0.39 is 0 Å². The van der Waals surface area contributed by atoms with Crippen molar-refractivity contribution in [3.05, 3.63) is 0 Å². The molecule has 3 atom stereocenters. The molecular formula is C11H24N2S2. The van der Waals surface area contributed by atoms with Crippen molar-refractivity contribution in [1.29, 1.82) is 0 Å². The molecule has 1 fully saturated rings. The van der Waals surface area contributed by atoms with Gasteiger partial charge in [-0.2, -0.15) is 23.5 Å². The number of rotatable bonds is 5. The Hall–Kier alpha value is 0.620. The zero-order valence-corrected chi connectivity index (χ0v) is 11.7. The van der Waals surface area contributed by atoms with Gasteiger partial charge >= 0.3 is 0 Å². The number of nitrogens with zero attached hydrogens (tertiary/aromatic N) is 1. The van der Waals surface area contributed by atoms with E-state index in [1.54, 1.807) is 0 Å². The van der Waals surface area contributed by atoms with Crippen LogP contribution in [0.4, 0.5) is 0 Å². The highest BCUT2D eigenvalue weighted by atomic mass is 32.2. The van der Waals surface area contributed by atoms with Crippen LogP contribution in [0, 0.1) is 0 Å². The largest absolute Gasteiger partial charge is 0.329 e. The van der Waals surface area contributed by atoms with Gasteiger partial charge in [0.05, 0.1) is 0 Å². The topological polar surface area (TPSA) is 29.3 Å². The number of hydrogen-bond donors (Lipinski definition) is 1. The van der Waals surface area contributed by atoms with Crippen molar-refractivity contribution in [2.45, 2.75) is 37.6 Å². The minimum Gasteiger partial charge on any atom is -0.329 e. The molecule has 0 aromatic carbocycles. The zero-order valence-electron chi connectivity index (χ0n) is 10.1. The van der Waals surface area contributed by atoms with Crippen LogP contribution in [0.3, 0.4) is 0 Å². The van der Waals surface area contributed by atoms with Crippen molar-refractivity contribution in [3.63, 3.8) is 0 Å². The summed E-state index contributed by atoms with van der Waals surface area (Å²) in [6.07, 6.45) is 3.41. The average molecular weight is 248 g/mol. The zero-order chi connectivity index (χ0) is 11.3. The van der Waals surface area contributed by atoms with E-state index in [4.69, 9.17) is 5.73 Å². The summed E-state index contributed by atoms with van der Waals surface area (Å²) in [7, 11) is 0. The molecule has 1 rings (SSSR count). The lowest BCUT2D eigenvalue weighted by molar-refractivity contribution is 0.147. The summed E-state index contributed by atoms with van der Waals surface area (Å²) in [5.74, 6) is 2.49. The summed E-state index contributed by atoms with van der Waals surface area (Å²) in [5.41, 5.74) is 5.89. The van der Waals surface area contributed by atoms with Gasteiger partial charge in [0.25, 0.3) is 0 Å². The van der Waals surface area contributed by atoms with E-state index in [-0.39, 0.29) is 0 Å². The van der Waals surface area contributed by atoms with Gasteiger partial charge in [-0.25, -0.2) is 0 Å². The number of nitrogens with two attached hydrogens (primary N) is 1. The lowest BCUT2D eigenvalue weighted by Gasteiger charge is -2.42. The van der Waals surface area contributed by atoms with Crippen LogP contribution in [-0.4, -0.2) is 53.1 Å². The Kier molecular flexibility index (Phi) is 6.43. The van der Waals surface area contributed by atoms with E-state index in [0.717, 1.165) is 11.8 Å². The Morgan fingerprint density at radius 1 is 1.53 bits per heavy atom. The third-order valence-electron chi connectivity index (χ3n) is 3.33. The molecule has 0 bridgehead atoms. The second kappa shape index (κ2) is 7.05. The Bertz CT molecular complexity index is 178. The molecule has 0 spiro atoms. The molecular weight excluding hydrogens is 224 g/mol. The van der Waals surface area contributed by atoms with Gasteiger partial charge < -0.3 is 5.73 Å². The second-order valence-electron chi connectivity index (χ2n) is 4.23. The van der Waals surface area contributed by atoms with Gasteiger partial charge in [-0.3, -0.25) is 4.90 Å². The summed E-state index contributed by atoms with van der Waals surface area (Å²) in [6.45, 7) is 6.71. The van der Waals surface area contributed by atoms with E-state index in [0.29, 0.717) is 12.1 Å². The second-order valence-corrected chi connectivity index (χ2v) is 6.70. The summed E-state index contributed by atoms with van der Waals surface area (Å²) < 4.78 is 0. The molecule has 1 heterocycles. The monoisotopic (exact) mass is 248 g/mol. The van der Waals surface area contributed by atoms with Crippen LogP contribution < -0.4 is 5.73 Å². The smallest absolute Gasteiger partial charge is 0.0229 e. The minimum atomic E-state index is 0.593. The molecule has 1 aliphatic rings. The first-order valence-corrected chi connectivity index (χ1v) is 8.21. The molecule has 2 N–H and O–H groups in total. The molecule has 0 amide bonds.